The number of halogens is 1. The largest absolute Gasteiger partial charge is 0.493 e. The topological polar surface area (TPSA) is 87.7 Å². The molecule has 0 atom stereocenters. The minimum Gasteiger partial charge on any atom is -0.493 e. The van der Waals surface area contributed by atoms with Gasteiger partial charge in [-0.15, -0.1) is 0 Å². The number of thiocarbonyl (C=S) groups is 1. The van der Waals surface area contributed by atoms with Gasteiger partial charge >= 0.3 is 0 Å². The molecule has 0 aliphatic carbocycles. The minimum atomic E-state index is -3.52. The molecule has 0 aromatic heterocycles. The second-order valence-corrected chi connectivity index (χ2v) is 10.9. The lowest BCUT2D eigenvalue weighted by molar-refractivity contribution is 0.0974. The van der Waals surface area contributed by atoms with E-state index in [2.05, 4.69) is 33.5 Å². The number of ether oxygens (including phenoxy) is 1. The van der Waals surface area contributed by atoms with Crippen LogP contribution in [0.15, 0.2) is 51.8 Å². The number of piperidine rings is 1. The van der Waals surface area contributed by atoms with Crippen LogP contribution in [0.1, 0.15) is 37.0 Å². The zero-order chi connectivity index (χ0) is 23.3. The highest BCUT2D eigenvalue weighted by atomic mass is 79.9. The van der Waals surface area contributed by atoms with Crippen molar-refractivity contribution < 1.29 is 17.9 Å². The van der Waals surface area contributed by atoms with Crippen molar-refractivity contribution in [2.75, 3.05) is 25.0 Å². The summed E-state index contributed by atoms with van der Waals surface area (Å²) in [4.78, 5) is 12.9. The maximum atomic E-state index is 12.8. The highest BCUT2D eigenvalue weighted by Gasteiger charge is 2.27. The SMILES string of the molecule is CCOc1ccc(Br)cc1C(=O)NC(=S)Nc1ccc(S(=O)(=O)N2CCC(C)CC2)cc1. The van der Waals surface area contributed by atoms with Crippen LogP contribution in [-0.4, -0.2) is 43.4 Å². The van der Waals surface area contributed by atoms with Crippen LogP contribution >= 0.6 is 28.1 Å². The summed E-state index contributed by atoms with van der Waals surface area (Å²) < 4.78 is 33.5. The number of sulfonamides is 1. The first-order valence-electron chi connectivity index (χ1n) is 10.4. The normalized spacial score (nSPS) is 15.2. The number of nitrogens with one attached hydrogen (secondary N) is 2. The minimum absolute atomic E-state index is 0.0954. The first kappa shape index (κ1) is 24.6. The molecule has 0 spiro atoms. The summed E-state index contributed by atoms with van der Waals surface area (Å²) in [7, 11) is -3.52. The Kier molecular flexibility index (Phi) is 8.26. The molecule has 0 saturated carbocycles. The van der Waals surface area contributed by atoms with E-state index >= 15 is 0 Å². The van der Waals surface area contributed by atoms with E-state index in [1.165, 1.54) is 4.31 Å². The Morgan fingerprint density at radius 3 is 2.47 bits per heavy atom. The van der Waals surface area contributed by atoms with Gasteiger partial charge in [0.1, 0.15) is 5.75 Å². The van der Waals surface area contributed by atoms with E-state index in [9.17, 15) is 13.2 Å². The van der Waals surface area contributed by atoms with Crippen molar-refractivity contribution in [1.82, 2.24) is 9.62 Å². The van der Waals surface area contributed by atoms with Crippen LogP contribution < -0.4 is 15.4 Å². The van der Waals surface area contributed by atoms with E-state index < -0.39 is 15.9 Å². The Morgan fingerprint density at radius 2 is 1.84 bits per heavy atom. The third kappa shape index (κ3) is 6.06. The Hall–Kier alpha value is -2.01. The number of amides is 1. The van der Waals surface area contributed by atoms with E-state index in [1.54, 1.807) is 42.5 Å². The lowest BCUT2D eigenvalue weighted by Gasteiger charge is -2.29. The standard InChI is InChI=1S/C22H26BrN3O4S2/c1-3-30-20-9-4-16(23)14-19(20)21(27)25-22(31)24-17-5-7-18(8-6-17)32(28,29)26-12-10-15(2)11-13-26/h4-9,14-15H,3,10-13H2,1-2H3,(H2,24,25,27,31). The van der Waals surface area contributed by atoms with Gasteiger partial charge in [0, 0.05) is 23.2 Å². The zero-order valence-electron chi connectivity index (χ0n) is 17.9. The van der Waals surface area contributed by atoms with Crippen LogP contribution in [0.5, 0.6) is 5.75 Å². The fourth-order valence-electron chi connectivity index (χ4n) is 3.38. The van der Waals surface area contributed by atoms with Crippen molar-refractivity contribution >= 4 is 54.9 Å². The van der Waals surface area contributed by atoms with Gasteiger partial charge in [0.25, 0.3) is 5.91 Å². The van der Waals surface area contributed by atoms with Crippen molar-refractivity contribution in [3.05, 3.63) is 52.5 Å². The second-order valence-electron chi connectivity index (χ2n) is 7.59. The maximum absolute atomic E-state index is 12.8. The van der Waals surface area contributed by atoms with Gasteiger partial charge in [0.15, 0.2) is 5.11 Å². The molecule has 32 heavy (non-hydrogen) atoms. The van der Waals surface area contributed by atoms with E-state index in [-0.39, 0.29) is 10.0 Å². The number of carbonyl (C=O) groups is 1. The summed E-state index contributed by atoms with van der Waals surface area (Å²) in [5.74, 6) is 0.592. The van der Waals surface area contributed by atoms with Gasteiger partial charge in [-0.2, -0.15) is 4.31 Å². The van der Waals surface area contributed by atoms with Crippen LogP contribution in [0.25, 0.3) is 0 Å². The lowest BCUT2D eigenvalue weighted by Crippen LogP contribution is -2.37. The third-order valence-electron chi connectivity index (χ3n) is 5.21. The fourth-order valence-corrected chi connectivity index (χ4v) is 5.42. The molecule has 1 heterocycles. The van der Waals surface area contributed by atoms with Crippen molar-refractivity contribution in [3.8, 4) is 5.75 Å². The Morgan fingerprint density at radius 1 is 1.19 bits per heavy atom. The predicted octanol–water partition coefficient (Wildman–Crippen LogP) is 4.40. The molecule has 172 valence electrons. The van der Waals surface area contributed by atoms with Crippen LogP contribution in [0.4, 0.5) is 5.69 Å². The summed E-state index contributed by atoms with van der Waals surface area (Å²) >= 11 is 8.60. The van der Waals surface area contributed by atoms with E-state index in [1.807, 2.05) is 6.92 Å². The number of hydrogen-bond donors (Lipinski definition) is 2. The Balaban J connectivity index is 1.64. The van der Waals surface area contributed by atoms with E-state index in [0.717, 1.165) is 17.3 Å². The molecular weight excluding hydrogens is 514 g/mol. The summed E-state index contributed by atoms with van der Waals surface area (Å²) in [6.07, 6.45) is 1.74. The Labute approximate surface area is 202 Å². The molecule has 1 saturated heterocycles. The zero-order valence-corrected chi connectivity index (χ0v) is 21.1. The Bertz CT molecular complexity index is 1080. The number of nitrogens with zero attached hydrogens (tertiary/aromatic N) is 1. The number of anilines is 1. The summed E-state index contributed by atoms with van der Waals surface area (Å²) in [6.45, 7) is 5.49. The molecule has 1 fully saturated rings. The molecule has 1 aliphatic heterocycles. The summed E-state index contributed by atoms with van der Waals surface area (Å²) in [5.41, 5.74) is 0.920. The van der Waals surface area contributed by atoms with E-state index in [0.29, 0.717) is 42.6 Å². The van der Waals surface area contributed by atoms with Gasteiger partial charge in [-0.1, -0.05) is 22.9 Å². The molecule has 3 rings (SSSR count). The van der Waals surface area contributed by atoms with Gasteiger partial charge in [-0.3, -0.25) is 10.1 Å². The molecule has 0 radical (unpaired) electrons. The molecule has 1 aliphatic rings. The number of benzene rings is 2. The lowest BCUT2D eigenvalue weighted by atomic mass is 10.0. The molecule has 10 heteroatoms. The average Bonchev–Trinajstić information content (AvgIpc) is 2.75. The number of hydrogen-bond acceptors (Lipinski definition) is 5. The van der Waals surface area contributed by atoms with E-state index in [4.69, 9.17) is 17.0 Å². The third-order valence-corrected chi connectivity index (χ3v) is 7.82. The maximum Gasteiger partial charge on any atom is 0.261 e. The monoisotopic (exact) mass is 539 g/mol. The van der Waals surface area contributed by atoms with Crippen molar-refractivity contribution in [2.24, 2.45) is 5.92 Å². The predicted molar refractivity (Wildman–Crippen MR) is 133 cm³/mol. The molecule has 2 N–H and O–H groups in total. The second kappa shape index (κ2) is 10.7. The van der Waals surface area contributed by atoms with Gasteiger partial charge in [0.05, 0.1) is 17.1 Å². The highest BCUT2D eigenvalue weighted by Crippen LogP contribution is 2.25. The molecule has 7 nitrogen and oxygen atoms in total. The average molecular weight is 541 g/mol. The first-order valence-corrected chi connectivity index (χ1v) is 13.0. The molecule has 0 bridgehead atoms. The number of rotatable bonds is 6. The molecule has 2 aromatic rings. The van der Waals surface area contributed by atoms with Crippen molar-refractivity contribution in [3.63, 3.8) is 0 Å². The molecular formula is C22H26BrN3O4S2. The summed E-state index contributed by atoms with van der Waals surface area (Å²) in [5, 5.41) is 5.63. The van der Waals surface area contributed by atoms with Crippen LogP contribution in [0, 0.1) is 5.92 Å². The van der Waals surface area contributed by atoms with Gasteiger partial charge < -0.3 is 10.1 Å². The smallest absolute Gasteiger partial charge is 0.261 e. The molecule has 1 amide bonds. The van der Waals surface area contributed by atoms with Gasteiger partial charge in [-0.25, -0.2) is 8.42 Å². The highest BCUT2D eigenvalue weighted by molar-refractivity contribution is 9.10. The van der Waals surface area contributed by atoms with Crippen LogP contribution in [0.2, 0.25) is 0 Å². The fraction of sp³-hybridized carbons (Fsp3) is 0.364. The molecule has 0 unspecified atom stereocenters. The first-order chi connectivity index (χ1) is 15.2. The van der Waals surface area contributed by atoms with Gasteiger partial charge in [-0.05, 0) is 80.4 Å². The van der Waals surface area contributed by atoms with Crippen molar-refractivity contribution in [2.45, 2.75) is 31.6 Å². The van der Waals surface area contributed by atoms with Crippen molar-refractivity contribution in [1.29, 1.82) is 0 Å². The summed E-state index contributed by atoms with van der Waals surface area (Å²) in [6, 6.07) is 11.5. The van der Waals surface area contributed by atoms with Crippen LogP contribution in [-0.2, 0) is 10.0 Å². The molecule has 2 aromatic carbocycles. The van der Waals surface area contributed by atoms with Gasteiger partial charge in [0.2, 0.25) is 10.0 Å². The quantitative estimate of drug-likeness (QED) is 0.529. The van der Waals surface area contributed by atoms with Crippen LogP contribution in [0.3, 0.4) is 0 Å². The number of carbonyl (C=O) groups excluding carboxylic acids is 1.